The Morgan fingerprint density at radius 1 is 0.356 bits per heavy atom. The van der Waals surface area contributed by atoms with E-state index in [0.717, 1.165) is 88.1 Å². The minimum absolute atomic E-state index is 0.548. The van der Waals surface area contributed by atoms with Crippen LogP contribution in [-0.4, -0.2) is 19.5 Å². The van der Waals surface area contributed by atoms with E-state index in [9.17, 15) is 0 Å². The van der Waals surface area contributed by atoms with Crippen molar-refractivity contribution in [2.75, 3.05) is 0 Å². The molecule has 0 fully saturated rings. The van der Waals surface area contributed by atoms with Crippen molar-refractivity contribution in [3.63, 3.8) is 0 Å². The van der Waals surface area contributed by atoms with Crippen LogP contribution in [0.5, 0.6) is 0 Å². The van der Waals surface area contributed by atoms with Gasteiger partial charge in [0.1, 0.15) is 22.3 Å². The molecule has 0 saturated heterocycles. The lowest BCUT2D eigenvalue weighted by molar-refractivity contribution is 0.669. The van der Waals surface area contributed by atoms with Crippen LogP contribution in [-0.2, 0) is 0 Å². The van der Waals surface area contributed by atoms with Crippen molar-refractivity contribution in [1.82, 2.24) is 19.5 Å². The van der Waals surface area contributed by atoms with Gasteiger partial charge in [0, 0.05) is 38.1 Å². The highest BCUT2D eigenvalue weighted by atomic mass is 16.3. The number of rotatable bonds is 4. The van der Waals surface area contributed by atoms with Crippen molar-refractivity contribution in [3.05, 3.63) is 182 Å². The molecular weight excluding hydrogens is 725 g/mol. The molecule has 13 rings (SSSR count). The third kappa shape index (κ3) is 4.77. The molecule has 59 heavy (non-hydrogen) atoms. The van der Waals surface area contributed by atoms with Gasteiger partial charge in [-0.25, -0.2) is 15.0 Å². The van der Waals surface area contributed by atoms with Gasteiger partial charge in [-0.2, -0.15) is 0 Å². The topological polar surface area (TPSA) is 69.9 Å². The maximum Gasteiger partial charge on any atom is 0.167 e. The average molecular weight is 755 g/mol. The summed E-state index contributed by atoms with van der Waals surface area (Å²) in [5.41, 5.74) is 9.17. The first kappa shape index (κ1) is 32.0. The monoisotopic (exact) mass is 754 g/mol. The Hall–Kier alpha value is -8.09. The molecule has 6 nitrogen and oxygen atoms in total. The van der Waals surface area contributed by atoms with E-state index in [1.807, 2.05) is 60.7 Å². The van der Waals surface area contributed by atoms with Crippen LogP contribution in [0.15, 0.2) is 191 Å². The number of hydrogen-bond acceptors (Lipinski definition) is 5. The molecule has 274 valence electrons. The van der Waals surface area contributed by atoms with Crippen LogP contribution in [0.1, 0.15) is 0 Å². The lowest BCUT2D eigenvalue weighted by Gasteiger charge is -2.11. The fourth-order valence-corrected chi connectivity index (χ4v) is 9.12. The van der Waals surface area contributed by atoms with Crippen molar-refractivity contribution in [2.45, 2.75) is 0 Å². The van der Waals surface area contributed by atoms with Crippen molar-refractivity contribution >= 4 is 87.2 Å². The summed E-state index contributed by atoms with van der Waals surface area (Å²) in [5, 5.41) is 11.2. The van der Waals surface area contributed by atoms with Gasteiger partial charge in [-0.15, -0.1) is 0 Å². The maximum absolute atomic E-state index is 6.69. The zero-order valence-corrected chi connectivity index (χ0v) is 31.4. The number of para-hydroxylation sites is 3. The number of hydrogen-bond donors (Lipinski definition) is 0. The van der Waals surface area contributed by atoms with E-state index < -0.39 is 0 Å². The molecule has 0 bridgehead atoms. The molecule has 4 heterocycles. The summed E-state index contributed by atoms with van der Waals surface area (Å²) >= 11 is 0. The molecule has 0 aliphatic heterocycles. The van der Waals surface area contributed by atoms with Gasteiger partial charge in [0.05, 0.1) is 27.7 Å². The van der Waals surface area contributed by atoms with Crippen molar-refractivity contribution < 1.29 is 8.83 Å². The molecule has 0 aliphatic rings. The smallest absolute Gasteiger partial charge is 0.167 e. The zero-order chi connectivity index (χ0) is 38.6. The predicted molar refractivity (Wildman–Crippen MR) is 240 cm³/mol. The minimum atomic E-state index is 0.548. The summed E-state index contributed by atoms with van der Waals surface area (Å²) in [6.45, 7) is 0. The molecule has 0 N–H and O–H groups in total. The van der Waals surface area contributed by atoms with Gasteiger partial charge < -0.3 is 13.4 Å². The number of benzene rings is 9. The Balaban J connectivity index is 1.07. The normalized spacial score (nSPS) is 12.1. The largest absolute Gasteiger partial charge is 0.456 e. The Morgan fingerprint density at radius 2 is 1.03 bits per heavy atom. The highest BCUT2D eigenvalue weighted by Crippen LogP contribution is 2.43. The van der Waals surface area contributed by atoms with Crippen molar-refractivity contribution in [2.24, 2.45) is 0 Å². The molecule has 0 atom stereocenters. The molecule has 13 aromatic rings. The summed E-state index contributed by atoms with van der Waals surface area (Å²) in [7, 11) is 0. The number of fused-ring (bicyclic) bond motifs is 12. The lowest BCUT2D eigenvalue weighted by atomic mass is 10.00. The summed E-state index contributed by atoms with van der Waals surface area (Å²) < 4.78 is 15.6. The van der Waals surface area contributed by atoms with Gasteiger partial charge in [0.25, 0.3) is 0 Å². The highest BCUT2D eigenvalue weighted by Gasteiger charge is 2.22. The molecule has 0 amide bonds. The summed E-state index contributed by atoms with van der Waals surface area (Å²) in [4.78, 5) is 15.4. The van der Waals surface area contributed by atoms with Gasteiger partial charge in [0.15, 0.2) is 17.5 Å². The van der Waals surface area contributed by atoms with E-state index >= 15 is 0 Å². The molecule has 0 spiro atoms. The van der Waals surface area contributed by atoms with E-state index in [1.54, 1.807) is 0 Å². The second-order valence-electron chi connectivity index (χ2n) is 15.1. The van der Waals surface area contributed by atoms with Crippen LogP contribution in [0.2, 0.25) is 0 Å². The summed E-state index contributed by atoms with van der Waals surface area (Å²) in [5.74, 6) is 1.71. The molecule has 0 saturated carbocycles. The fraction of sp³-hybridized carbons (Fsp3) is 0. The van der Waals surface area contributed by atoms with Gasteiger partial charge in [0.2, 0.25) is 0 Å². The number of nitrogens with zero attached hydrogens (tertiary/aromatic N) is 4. The quantitative estimate of drug-likeness (QED) is 0.179. The van der Waals surface area contributed by atoms with Crippen LogP contribution in [0.4, 0.5) is 0 Å². The SMILES string of the molecule is c1ccc(-c2nc(-c3ccc4ccc5oc6cccc(-n7c8ccccc8c8cc9ccccc9cc87)c6c5c4c3)nc(-c3cccc4c3oc3ccccc34)n2)cc1. The van der Waals surface area contributed by atoms with Gasteiger partial charge in [-0.3, -0.25) is 0 Å². The van der Waals surface area contributed by atoms with Gasteiger partial charge in [-0.05, 0) is 76.1 Å². The summed E-state index contributed by atoms with van der Waals surface area (Å²) in [6.07, 6.45) is 0. The zero-order valence-electron chi connectivity index (χ0n) is 31.4. The Kier molecular flexibility index (Phi) is 6.63. The Bertz CT molecular complexity index is 3860. The first-order valence-corrected chi connectivity index (χ1v) is 19.8. The van der Waals surface area contributed by atoms with E-state index in [-0.39, 0.29) is 0 Å². The third-order valence-corrected chi connectivity index (χ3v) is 11.8. The lowest BCUT2D eigenvalue weighted by Crippen LogP contribution is -2.00. The molecule has 0 radical (unpaired) electrons. The summed E-state index contributed by atoms with van der Waals surface area (Å²) in [6, 6.07) is 63.3. The van der Waals surface area contributed by atoms with Gasteiger partial charge >= 0.3 is 0 Å². The second kappa shape index (κ2) is 12.2. The maximum atomic E-state index is 6.69. The average Bonchev–Trinajstić information content (AvgIpc) is 3.98. The van der Waals surface area contributed by atoms with E-state index in [4.69, 9.17) is 23.8 Å². The Labute approximate surface area is 336 Å². The molecule has 6 heteroatoms. The molecule has 0 aliphatic carbocycles. The third-order valence-electron chi connectivity index (χ3n) is 11.8. The van der Waals surface area contributed by atoms with Gasteiger partial charge in [-0.1, -0.05) is 127 Å². The highest BCUT2D eigenvalue weighted by molar-refractivity contribution is 6.23. The Morgan fingerprint density at radius 3 is 1.93 bits per heavy atom. The first-order valence-electron chi connectivity index (χ1n) is 19.8. The standard InChI is InChI=1S/C53H30N4O2/c1-2-12-32(13-3-1)51-54-52(56-53(55-51)39-19-10-18-38-37-17-7-9-22-45(37)59-50(38)39)35-25-24-31-26-27-47-48(40(31)29-35)49-43(21-11-23-46(49)58-47)57-42-20-8-6-16-36(42)41-28-33-14-4-5-15-34(33)30-44(41)57/h1-30H. The number of aromatic nitrogens is 4. The van der Waals surface area contributed by atoms with E-state index in [2.05, 4.69) is 126 Å². The van der Waals surface area contributed by atoms with Crippen LogP contribution in [0.3, 0.4) is 0 Å². The fourth-order valence-electron chi connectivity index (χ4n) is 9.12. The minimum Gasteiger partial charge on any atom is -0.456 e. The van der Waals surface area contributed by atoms with Crippen LogP contribution in [0.25, 0.3) is 127 Å². The van der Waals surface area contributed by atoms with E-state index in [0.29, 0.717) is 17.5 Å². The number of furan rings is 2. The first-order chi connectivity index (χ1) is 29.2. The van der Waals surface area contributed by atoms with Crippen LogP contribution < -0.4 is 0 Å². The van der Waals surface area contributed by atoms with Crippen LogP contribution in [0, 0.1) is 0 Å². The predicted octanol–water partition coefficient (Wildman–Crippen LogP) is 14.1. The molecule has 4 aromatic heterocycles. The van der Waals surface area contributed by atoms with Crippen molar-refractivity contribution in [1.29, 1.82) is 0 Å². The second-order valence-corrected chi connectivity index (χ2v) is 15.1. The molecule has 0 unspecified atom stereocenters. The van der Waals surface area contributed by atoms with Crippen LogP contribution >= 0.6 is 0 Å². The van der Waals surface area contributed by atoms with E-state index in [1.165, 1.54) is 21.5 Å². The molecular formula is C53H30N4O2. The molecule has 9 aromatic carbocycles. The van der Waals surface area contributed by atoms with Crippen molar-refractivity contribution in [3.8, 4) is 39.9 Å².